The van der Waals surface area contributed by atoms with Gasteiger partial charge in [-0.05, 0) is 56.4 Å². The van der Waals surface area contributed by atoms with Crippen molar-refractivity contribution in [3.05, 3.63) is 54.1 Å². The summed E-state index contributed by atoms with van der Waals surface area (Å²) in [4.78, 5) is 37.5. The molecular weight excluding hydrogens is 456 g/mol. The summed E-state index contributed by atoms with van der Waals surface area (Å²) < 4.78 is 0. The first kappa shape index (κ1) is 24.2. The average molecular weight is 489 g/mol. The molecule has 3 amide bonds. The number of amides is 3. The van der Waals surface area contributed by atoms with Crippen LogP contribution in [0.25, 0.3) is 0 Å². The molecule has 2 heterocycles. The van der Waals surface area contributed by atoms with E-state index in [9.17, 15) is 14.7 Å². The highest BCUT2D eigenvalue weighted by Gasteiger charge is 2.53. The molecule has 188 valence electrons. The number of β-amino-alcohol motifs (C(OH)–C–C–N with tert-alkyl or cyclic N) is 1. The van der Waals surface area contributed by atoms with Gasteiger partial charge >= 0.3 is 6.03 Å². The second-order valence-electron chi connectivity index (χ2n) is 10.5. The van der Waals surface area contributed by atoms with E-state index in [1.165, 1.54) is 18.0 Å². The Morgan fingerprint density at radius 2 is 1.83 bits per heavy atom. The van der Waals surface area contributed by atoms with Crippen molar-refractivity contribution in [2.75, 3.05) is 25.0 Å². The quantitative estimate of drug-likeness (QED) is 0.616. The molecule has 1 spiro atoms. The van der Waals surface area contributed by atoms with Gasteiger partial charge in [-0.25, -0.2) is 14.8 Å². The van der Waals surface area contributed by atoms with E-state index in [4.69, 9.17) is 5.26 Å². The number of aromatic nitrogens is 2. The first-order chi connectivity index (χ1) is 17.4. The van der Waals surface area contributed by atoms with E-state index in [2.05, 4.69) is 39.6 Å². The third-order valence-corrected chi connectivity index (χ3v) is 8.13. The zero-order chi connectivity index (χ0) is 25.2. The molecule has 2 aliphatic carbocycles. The van der Waals surface area contributed by atoms with Gasteiger partial charge in [0.25, 0.3) is 0 Å². The Balaban J connectivity index is 1.24. The monoisotopic (exact) mass is 488 g/mol. The summed E-state index contributed by atoms with van der Waals surface area (Å²) in [6.07, 6.45) is 9.16. The summed E-state index contributed by atoms with van der Waals surface area (Å²) in [7, 11) is 0. The average Bonchev–Trinajstić information content (AvgIpc) is 3.13. The van der Waals surface area contributed by atoms with Crippen LogP contribution in [-0.2, 0) is 4.79 Å². The largest absolute Gasteiger partial charge is 0.388 e. The molecule has 9 nitrogen and oxygen atoms in total. The van der Waals surface area contributed by atoms with E-state index in [-0.39, 0.29) is 29.7 Å². The van der Waals surface area contributed by atoms with Crippen LogP contribution in [0.4, 0.5) is 10.5 Å². The number of anilines is 1. The van der Waals surface area contributed by atoms with Gasteiger partial charge in [0.15, 0.2) is 0 Å². The van der Waals surface area contributed by atoms with Gasteiger partial charge in [0.2, 0.25) is 11.7 Å². The minimum absolute atomic E-state index is 0.0381. The number of rotatable bonds is 7. The third-order valence-electron chi connectivity index (χ3n) is 8.13. The molecule has 1 aromatic carbocycles. The highest BCUT2D eigenvalue weighted by atomic mass is 16.3. The van der Waals surface area contributed by atoms with Gasteiger partial charge in [-0.1, -0.05) is 30.3 Å². The number of nitriles is 1. The molecule has 2 N–H and O–H groups in total. The predicted octanol–water partition coefficient (Wildman–Crippen LogP) is 3.43. The van der Waals surface area contributed by atoms with E-state index < -0.39 is 5.60 Å². The summed E-state index contributed by atoms with van der Waals surface area (Å²) in [5.41, 5.74) is 0.671. The molecule has 2 saturated carbocycles. The van der Waals surface area contributed by atoms with Crippen molar-refractivity contribution in [3.63, 3.8) is 0 Å². The van der Waals surface area contributed by atoms with E-state index in [0.29, 0.717) is 31.2 Å². The number of hydrogen-bond donors (Lipinski definition) is 2. The van der Waals surface area contributed by atoms with Crippen LogP contribution >= 0.6 is 0 Å². The number of urea groups is 1. The molecule has 1 aliphatic heterocycles. The summed E-state index contributed by atoms with van der Waals surface area (Å²) in [6.45, 7) is 1.25. The van der Waals surface area contributed by atoms with Crippen LogP contribution in [-0.4, -0.2) is 67.6 Å². The van der Waals surface area contributed by atoms with Gasteiger partial charge < -0.3 is 20.2 Å². The summed E-state index contributed by atoms with van der Waals surface area (Å²) in [5, 5.41) is 22.5. The van der Waals surface area contributed by atoms with Gasteiger partial charge in [-0.3, -0.25) is 4.79 Å². The SMILES string of the molecule is N#Cc1ncc(NC(=O)CCN2CC3(CCC(c4ccccc4)CC3)N(CC3(O)CCC3)C2=O)cn1. The topological polar surface area (TPSA) is 122 Å². The maximum atomic E-state index is 13.5. The molecule has 5 rings (SSSR count). The van der Waals surface area contributed by atoms with Gasteiger partial charge in [0.1, 0.15) is 6.07 Å². The summed E-state index contributed by atoms with van der Waals surface area (Å²) in [6, 6.07) is 12.3. The lowest BCUT2D eigenvalue weighted by atomic mass is 9.72. The lowest BCUT2D eigenvalue weighted by Gasteiger charge is -2.47. The van der Waals surface area contributed by atoms with Crippen molar-refractivity contribution in [3.8, 4) is 6.07 Å². The fraction of sp³-hybridized carbons (Fsp3) is 0.519. The fourth-order valence-electron chi connectivity index (χ4n) is 5.88. The van der Waals surface area contributed by atoms with Crippen LogP contribution in [0, 0.1) is 11.3 Å². The number of carbonyl (C=O) groups is 2. The maximum absolute atomic E-state index is 13.5. The van der Waals surface area contributed by atoms with Crippen LogP contribution < -0.4 is 5.32 Å². The van der Waals surface area contributed by atoms with E-state index in [0.717, 1.165) is 44.9 Å². The Labute approximate surface area is 211 Å². The van der Waals surface area contributed by atoms with Crippen LogP contribution in [0.5, 0.6) is 0 Å². The number of aliphatic hydroxyl groups is 1. The minimum atomic E-state index is -0.790. The smallest absolute Gasteiger partial charge is 0.320 e. The first-order valence-electron chi connectivity index (χ1n) is 12.8. The second kappa shape index (κ2) is 9.86. The normalized spacial score (nSPS) is 24.9. The molecule has 3 aliphatic rings. The molecule has 1 aromatic heterocycles. The minimum Gasteiger partial charge on any atom is -0.388 e. The zero-order valence-corrected chi connectivity index (χ0v) is 20.4. The molecular formula is C27H32N6O3. The van der Waals surface area contributed by atoms with Crippen molar-refractivity contribution >= 4 is 17.6 Å². The van der Waals surface area contributed by atoms with Crippen molar-refractivity contribution in [2.24, 2.45) is 0 Å². The van der Waals surface area contributed by atoms with Crippen molar-refractivity contribution in [1.29, 1.82) is 5.26 Å². The number of nitrogens with one attached hydrogen (secondary N) is 1. The second-order valence-corrected chi connectivity index (χ2v) is 10.5. The number of nitrogens with zero attached hydrogens (tertiary/aromatic N) is 5. The summed E-state index contributed by atoms with van der Waals surface area (Å²) >= 11 is 0. The van der Waals surface area contributed by atoms with Crippen LogP contribution in [0.3, 0.4) is 0 Å². The molecule has 9 heteroatoms. The number of benzene rings is 1. The van der Waals surface area contributed by atoms with Gasteiger partial charge in [-0.2, -0.15) is 5.26 Å². The molecule has 36 heavy (non-hydrogen) atoms. The van der Waals surface area contributed by atoms with E-state index in [1.54, 1.807) is 4.90 Å². The fourth-order valence-corrected chi connectivity index (χ4v) is 5.88. The first-order valence-corrected chi connectivity index (χ1v) is 12.8. The highest BCUT2D eigenvalue weighted by molar-refractivity contribution is 5.91. The Bertz CT molecular complexity index is 1130. The molecule has 0 unspecified atom stereocenters. The lowest BCUT2D eigenvalue weighted by Crippen LogP contribution is -2.57. The van der Waals surface area contributed by atoms with Crippen LogP contribution in [0.2, 0.25) is 0 Å². The predicted molar refractivity (Wildman–Crippen MR) is 133 cm³/mol. The third kappa shape index (κ3) is 4.91. The maximum Gasteiger partial charge on any atom is 0.320 e. The van der Waals surface area contributed by atoms with Gasteiger partial charge in [-0.15, -0.1) is 0 Å². The Hall–Kier alpha value is -3.51. The standard InChI is InChI=1S/C27H32N6O3/c28-15-23-29-16-22(17-30-23)31-24(34)9-14-32-18-26(33(25(32)35)19-27(36)10-4-11-27)12-7-21(8-13-26)20-5-2-1-3-6-20/h1-3,5-6,16-17,21,36H,4,7-14,18-19H2,(H,31,34). The Morgan fingerprint density at radius 3 is 2.44 bits per heavy atom. The molecule has 0 bridgehead atoms. The van der Waals surface area contributed by atoms with Crippen LogP contribution in [0.1, 0.15) is 68.7 Å². The zero-order valence-electron chi connectivity index (χ0n) is 20.4. The van der Waals surface area contributed by atoms with Crippen LogP contribution in [0.15, 0.2) is 42.7 Å². The van der Waals surface area contributed by atoms with E-state index in [1.807, 2.05) is 17.0 Å². The highest BCUT2D eigenvalue weighted by Crippen LogP contribution is 2.46. The number of carbonyl (C=O) groups excluding carboxylic acids is 2. The molecule has 0 atom stereocenters. The molecule has 1 saturated heterocycles. The molecule has 3 fully saturated rings. The van der Waals surface area contributed by atoms with Crippen molar-refractivity contribution < 1.29 is 14.7 Å². The van der Waals surface area contributed by atoms with Crippen molar-refractivity contribution in [1.82, 2.24) is 19.8 Å². The summed E-state index contributed by atoms with van der Waals surface area (Å²) in [5.74, 6) is 0.278. The Morgan fingerprint density at radius 1 is 1.14 bits per heavy atom. The van der Waals surface area contributed by atoms with Gasteiger partial charge in [0.05, 0.1) is 35.8 Å². The van der Waals surface area contributed by atoms with Gasteiger partial charge in [0, 0.05) is 19.5 Å². The lowest BCUT2D eigenvalue weighted by molar-refractivity contribution is -0.116. The Kier molecular flexibility index (Phi) is 6.63. The molecule has 0 radical (unpaired) electrons. The molecule has 2 aromatic rings. The van der Waals surface area contributed by atoms with Crippen molar-refractivity contribution in [2.45, 2.75) is 68.4 Å². The van der Waals surface area contributed by atoms with E-state index >= 15 is 0 Å². The number of hydrogen-bond acceptors (Lipinski definition) is 6.